The number of para-hydroxylation sites is 6. The molecule has 6 heteroatoms. The van der Waals surface area contributed by atoms with E-state index in [1.807, 2.05) is 36.4 Å². The average Bonchev–Trinajstić information content (AvgIpc) is 3.81. The Bertz CT molecular complexity index is 3240. The molecule has 2 aromatic heterocycles. The zero-order valence-corrected chi connectivity index (χ0v) is 33.7. The van der Waals surface area contributed by atoms with Gasteiger partial charge < -0.3 is 28.1 Å². The molecule has 0 N–H and O–H groups in total. The van der Waals surface area contributed by atoms with Crippen molar-refractivity contribution in [2.75, 3.05) is 24.0 Å². The van der Waals surface area contributed by atoms with Crippen LogP contribution in [0.2, 0.25) is 0 Å². The third-order valence-corrected chi connectivity index (χ3v) is 11.8. The quantitative estimate of drug-likeness (QED) is 0.153. The predicted molar refractivity (Wildman–Crippen MR) is 248 cm³/mol. The molecule has 0 amide bonds. The molecular weight excluding hydrogens is 741 g/mol. The van der Waals surface area contributed by atoms with Crippen molar-refractivity contribution in [1.82, 2.24) is 0 Å². The molecule has 0 fully saturated rings. The van der Waals surface area contributed by atoms with Crippen LogP contribution in [0.4, 0.5) is 34.1 Å². The minimum atomic E-state index is 0.803. The summed E-state index contributed by atoms with van der Waals surface area (Å²) in [7, 11) is 3.44. The van der Waals surface area contributed by atoms with Crippen LogP contribution in [0.5, 0.6) is 11.5 Å². The van der Waals surface area contributed by atoms with E-state index >= 15 is 0 Å². The van der Waals surface area contributed by atoms with Gasteiger partial charge in [0.1, 0.15) is 33.8 Å². The average molecular weight is 781 g/mol. The lowest BCUT2D eigenvalue weighted by Crippen LogP contribution is -2.12. The molecule has 11 rings (SSSR count). The van der Waals surface area contributed by atoms with Crippen molar-refractivity contribution in [2.24, 2.45) is 0 Å². The van der Waals surface area contributed by atoms with Crippen molar-refractivity contribution in [3.63, 3.8) is 0 Å². The van der Waals surface area contributed by atoms with Gasteiger partial charge in [-0.1, -0.05) is 72.8 Å². The van der Waals surface area contributed by atoms with E-state index in [1.54, 1.807) is 14.2 Å². The predicted octanol–water partition coefficient (Wildman–Crippen LogP) is 15.4. The maximum absolute atomic E-state index is 6.66. The van der Waals surface area contributed by atoms with Gasteiger partial charge in [0.15, 0.2) is 0 Å². The summed E-state index contributed by atoms with van der Waals surface area (Å²) in [5.74, 6) is 1.61. The van der Waals surface area contributed by atoms with E-state index in [1.165, 1.54) is 11.1 Å². The molecule has 0 radical (unpaired) electrons. The zero-order chi connectivity index (χ0) is 40.5. The van der Waals surface area contributed by atoms with Crippen molar-refractivity contribution < 1.29 is 18.3 Å². The van der Waals surface area contributed by atoms with Gasteiger partial charge in [-0.2, -0.15) is 0 Å². The summed E-state index contributed by atoms with van der Waals surface area (Å²) in [5, 5.41) is 8.56. The molecule has 0 spiro atoms. The number of benzene rings is 9. The van der Waals surface area contributed by atoms with E-state index in [2.05, 4.69) is 157 Å². The number of anilines is 6. The molecule has 11 aromatic rings. The zero-order valence-electron chi connectivity index (χ0n) is 33.7. The highest BCUT2D eigenvalue weighted by molar-refractivity contribution is 6.18. The lowest BCUT2D eigenvalue weighted by Gasteiger charge is -2.28. The van der Waals surface area contributed by atoms with Crippen molar-refractivity contribution in [2.45, 2.75) is 13.8 Å². The Hall–Kier alpha value is -7.70. The number of ether oxygens (including phenoxy) is 2. The van der Waals surface area contributed by atoms with Gasteiger partial charge in [0.25, 0.3) is 0 Å². The van der Waals surface area contributed by atoms with Crippen LogP contribution < -0.4 is 19.3 Å². The van der Waals surface area contributed by atoms with Crippen LogP contribution in [0.1, 0.15) is 11.1 Å². The van der Waals surface area contributed by atoms with E-state index in [-0.39, 0.29) is 0 Å². The number of hydrogen-bond acceptors (Lipinski definition) is 6. The largest absolute Gasteiger partial charge is 0.495 e. The standard InChI is InChI=1S/C54H40N2O4/c1-33-13-5-7-15-45(33)55(47-17-9-11-19-49(47)57-3)39-23-21-35-27-41-43-31-54-44(32-53(43)59-51(41)29-37(35)25-39)42-28-36-22-24-40(26-38(36)30-52(42)60-54)56(46-16-8-6-14-34(46)2)48-18-10-12-20-50(48)58-4/h5-32H,1-4H3. The lowest BCUT2D eigenvalue weighted by atomic mass is 10.0. The highest BCUT2D eigenvalue weighted by Gasteiger charge is 2.22. The molecule has 6 nitrogen and oxygen atoms in total. The Morgan fingerprint density at radius 2 is 0.717 bits per heavy atom. The van der Waals surface area contributed by atoms with Crippen molar-refractivity contribution >= 4 is 99.5 Å². The number of rotatable bonds is 8. The second kappa shape index (κ2) is 14.0. The fourth-order valence-electron chi connectivity index (χ4n) is 8.86. The smallest absolute Gasteiger partial charge is 0.142 e. The monoisotopic (exact) mass is 780 g/mol. The first kappa shape index (κ1) is 35.5. The Balaban J connectivity index is 1.01. The molecule has 0 unspecified atom stereocenters. The maximum Gasteiger partial charge on any atom is 0.142 e. The second-order valence-corrected chi connectivity index (χ2v) is 15.4. The molecule has 0 aliphatic rings. The fourth-order valence-corrected chi connectivity index (χ4v) is 8.86. The summed E-state index contributed by atoms with van der Waals surface area (Å²) in [6, 6.07) is 59.4. The van der Waals surface area contributed by atoms with E-state index < -0.39 is 0 Å². The van der Waals surface area contributed by atoms with Gasteiger partial charge in [-0.05, 0) is 144 Å². The molecule has 0 bridgehead atoms. The van der Waals surface area contributed by atoms with Crippen molar-refractivity contribution in [3.05, 3.63) is 181 Å². The first-order valence-corrected chi connectivity index (χ1v) is 20.1. The number of hydrogen-bond donors (Lipinski definition) is 0. The SMILES string of the molecule is COc1ccccc1N(c1ccc2cc3c(cc2c1)oc1cc2c(cc13)oc1cc3cc(N(c4ccccc4C)c4ccccc4OC)ccc3cc12)c1ccccc1C. The van der Waals surface area contributed by atoms with Crippen LogP contribution in [0.25, 0.3) is 65.4 Å². The van der Waals surface area contributed by atoms with Crippen LogP contribution in [0.15, 0.2) is 179 Å². The number of methoxy groups -OCH3 is 2. The third-order valence-electron chi connectivity index (χ3n) is 11.8. The molecule has 0 aliphatic heterocycles. The van der Waals surface area contributed by atoms with Gasteiger partial charge in [0, 0.05) is 44.3 Å². The van der Waals surface area contributed by atoms with Crippen LogP contribution in [0, 0.1) is 13.8 Å². The van der Waals surface area contributed by atoms with Crippen LogP contribution >= 0.6 is 0 Å². The minimum absolute atomic E-state index is 0.803. The van der Waals surface area contributed by atoms with Crippen LogP contribution in [0.3, 0.4) is 0 Å². The van der Waals surface area contributed by atoms with Crippen molar-refractivity contribution in [3.8, 4) is 11.5 Å². The minimum Gasteiger partial charge on any atom is -0.495 e. The molecule has 0 aliphatic carbocycles. The van der Waals surface area contributed by atoms with E-state index in [4.69, 9.17) is 18.3 Å². The van der Waals surface area contributed by atoms with E-state index in [0.717, 1.165) is 111 Å². The lowest BCUT2D eigenvalue weighted by molar-refractivity contribution is 0.416. The normalized spacial score (nSPS) is 11.7. The molecule has 290 valence electrons. The summed E-state index contributed by atoms with van der Waals surface area (Å²) in [5.41, 5.74) is 11.8. The van der Waals surface area contributed by atoms with Gasteiger partial charge in [-0.25, -0.2) is 0 Å². The molecule has 2 heterocycles. The summed E-state index contributed by atoms with van der Waals surface area (Å²) in [6.07, 6.45) is 0. The highest BCUT2D eigenvalue weighted by atomic mass is 16.5. The molecule has 0 saturated heterocycles. The molecule has 0 atom stereocenters. The third kappa shape index (κ3) is 5.71. The Morgan fingerprint density at radius 3 is 1.13 bits per heavy atom. The number of furan rings is 2. The van der Waals surface area contributed by atoms with Gasteiger partial charge in [-0.15, -0.1) is 0 Å². The molecule has 60 heavy (non-hydrogen) atoms. The summed E-state index contributed by atoms with van der Waals surface area (Å²) < 4.78 is 25.0. The van der Waals surface area contributed by atoms with Crippen LogP contribution in [-0.2, 0) is 0 Å². The summed E-state index contributed by atoms with van der Waals surface area (Å²) in [4.78, 5) is 4.53. The van der Waals surface area contributed by atoms with Crippen molar-refractivity contribution in [1.29, 1.82) is 0 Å². The van der Waals surface area contributed by atoms with Gasteiger partial charge >= 0.3 is 0 Å². The Kier molecular flexibility index (Phi) is 8.27. The van der Waals surface area contributed by atoms with Gasteiger partial charge in [0.05, 0.1) is 25.6 Å². The van der Waals surface area contributed by atoms with Gasteiger partial charge in [-0.3, -0.25) is 0 Å². The number of fused-ring (bicyclic) bond motifs is 8. The highest BCUT2D eigenvalue weighted by Crippen LogP contribution is 2.46. The number of aryl methyl sites for hydroxylation is 2. The molecular formula is C54H40N2O4. The maximum atomic E-state index is 6.66. The van der Waals surface area contributed by atoms with Crippen LogP contribution in [-0.4, -0.2) is 14.2 Å². The topological polar surface area (TPSA) is 51.2 Å². The Labute approximate surface area is 347 Å². The fraction of sp³-hybridized carbons (Fsp3) is 0.0741. The second-order valence-electron chi connectivity index (χ2n) is 15.4. The first-order chi connectivity index (χ1) is 29.4. The number of nitrogens with zero attached hydrogens (tertiary/aromatic N) is 2. The van der Waals surface area contributed by atoms with E-state index in [9.17, 15) is 0 Å². The summed E-state index contributed by atoms with van der Waals surface area (Å²) >= 11 is 0. The summed E-state index contributed by atoms with van der Waals surface area (Å²) in [6.45, 7) is 4.28. The van der Waals surface area contributed by atoms with Gasteiger partial charge in [0.2, 0.25) is 0 Å². The first-order valence-electron chi connectivity index (χ1n) is 20.1. The molecule has 0 saturated carbocycles. The van der Waals surface area contributed by atoms with E-state index in [0.29, 0.717) is 0 Å². The molecule has 9 aromatic carbocycles. The Morgan fingerprint density at radius 1 is 0.350 bits per heavy atom.